The third kappa shape index (κ3) is 1.37. The van der Waals surface area contributed by atoms with Crippen LogP contribution in [0.25, 0.3) is 0 Å². The number of carbonyl (C=O) groups excluding carboxylic acids is 1. The van der Waals surface area contributed by atoms with Crippen LogP contribution in [-0.4, -0.2) is 45.1 Å². The highest BCUT2D eigenvalue weighted by atomic mass is 16.6. The van der Waals surface area contributed by atoms with Gasteiger partial charge in [-0.2, -0.15) is 0 Å². The van der Waals surface area contributed by atoms with E-state index >= 15 is 0 Å². The van der Waals surface area contributed by atoms with Crippen LogP contribution in [0.3, 0.4) is 0 Å². The van der Waals surface area contributed by atoms with Gasteiger partial charge in [-0.1, -0.05) is 6.58 Å². The highest BCUT2D eigenvalue weighted by Gasteiger charge is 2.84. The van der Waals surface area contributed by atoms with Crippen LogP contribution >= 0.6 is 0 Å². The zero-order valence-electron chi connectivity index (χ0n) is 14.3. The molecule has 0 aromatic rings. The first-order valence-electron chi connectivity index (χ1n) is 9.22. The van der Waals surface area contributed by atoms with Gasteiger partial charge >= 0.3 is 11.9 Å². The third-order valence-corrected chi connectivity index (χ3v) is 8.60. The van der Waals surface area contributed by atoms with Gasteiger partial charge in [0.2, 0.25) is 0 Å². The summed E-state index contributed by atoms with van der Waals surface area (Å²) < 4.78 is 5.95. The third-order valence-electron chi connectivity index (χ3n) is 8.60. The zero-order chi connectivity index (χ0) is 17.9. The first-order valence-corrected chi connectivity index (χ1v) is 9.22. The van der Waals surface area contributed by atoms with E-state index in [0.29, 0.717) is 19.3 Å². The lowest BCUT2D eigenvalue weighted by atomic mass is 9.59. The van der Waals surface area contributed by atoms with Gasteiger partial charge in [-0.05, 0) is 50.5 Å². The zero-order valence-corrected chi connectivity index (χ0v) is 14.3. The lowest BCUT2D eigenvalue weighted by molar-refractivity contribution is -0.166. The number of carboxylic acids is 1. The molecule has 136 valence electrons. The van der Waals surface area contributed by atoms with Crippen molar-refractivity contribution in [3.05, 3.63) is 12.2 Å². The SMILES string of the molecule is C=C1C2CC[C@H]3[C@@]45CC[C@H](O)[C@@](C)(C(=O)O4)[C@H]5[C@H](C(=O)O)[C@]3(C2)[C@@H]1O. The van der Waals surface area contributed by atoms with Crippen LogP contribution in [0.15, 0.2) is 12.2 Å². The highest BCUT2D eigenvalue weighted by molar-refractivity contribution is 5.85. The van der Waals surface area contributed by atoms with Crippen molar-refractivity contribution in [2.45, 2.75) is 56.8 Å². The Labute approximate surface area is 145 Å². The second-order valence-electron chi connectivity index (χ2n) is 9.10. The number of carboxylic acid groups (broad SMARTS) is 1. The fourth-order valence-electron chi connectivity index (χ4n) is 7.67. The van der Waals surface area contributed by atoms with Crippen LogP contribution in [0.2, 0.25) is 0 Å². The molecule has 1 saturated heterocycles. The predicted molar refractivity (Wildman–Crippen MR) is 85.2 cm³/mol. The maximum Gasteiger partial charge on any atom is 0.315 e. The topological polar surface area (TPSA) is 104 Å². The molecule has 0 radical (unpaired) electrons. The summed E-state index contributed by atoms with van der Waals surface area (Å²) in [4.78, 5) is 25.2. The van der Waals surface area contributed by atoms with Crippen molar-refractivity contribution in [2.75, 3.05) is 0 Å². The molecule has 3 N–H and O–H groups in total. The van der Waals surface area contributed by atoms with Gasteiger partial charge in [0, 0.05) is 17.3 Å². The number of hydrogen-bond donors (Lipinski definition) is 3. The molecule has 1 spiro atoms. The van der Waals surface area contributed by atoms with E-state index in [0.717, 1.165) is 18.4 Å². The van der Waals surface area contributed by atoms with E-state index in [1.165, 1.54) is 0 Å². The van der Waals surface area contributed by atoms with Gasteiger partial charge in [-0.3, -0.25) is 9.59 Å². The molecule has 0 aromatic carbocycles. The summed E-state index contributed by atoms with van der Waals surface area (Å²) in [5, 5.41) is 31.9. The Morgan fingerprint density at radius 2 is 2.00 bits per heavy atom. The second kappa shape index (κ2) is 4.29. The molecule has 1 heterocycles. The molecule has 4 aliphatic carbocycles. The smallest absolute Gasteiger partial charge is 0.315 e. The van der Waals surface area contributed by atoms with Gasteiger partial charge in [0.25, 0.3) is 0 Å². The van der Waals surface area contributed by atoms with Gasteiger partial charge < -0.3 is 20.1 Å². The molecular formula is C19H24O6. The van der Waals surface area contributed by atoms with Crippen molar-refractivity contribution in [1.29, 1.82) is 0 Å². The Kier molecular flexibility index (Phi) is 2.71. The second-order valence-corrected chi connectivity index (χ2v) is 9.10. The minimum atomic E-state index is -1.22. The van der Waals surface area contributed by atoms with Gasteiger partial charge in [0.05, 0.1) is 23.5 Å². The van der Waals surface area contributed by atoms with Crippen molar-refractivity contribution in [1.82, 2.24) is 0 Å². The van der Waals surface area contributed by atoms with E-state index in [9.17, 15) is 24.9 Å². The maximum atomic E-state index is 12.7. The van der Waals surface area contributed by atoms with Gasteiger partial charge in [-0.15, -0.1) is 0 Å². The van der Waals surface area contributed by atoms with Crippen LogP contribution in [0.5, 0.6) is 0 Å². The van der Waals surface area contributed by atoms with Crippen LogP contribution in [0.4, 0.5) is 0 Å². The van der Waals surface area contributed by atoms with Gasteiger partial charge in [0.1, 0.15) is 5.60 Å². The van der Waals surface area contributed by atoms with Gasteiger partial charge in [-0.25, -0.2) is 0 Å². The molecule has 6 heteroatoms. The molecule has 1 unspecified atom stereocenters. The van der Waals surface area contributed by atoms with Gasteiger partial charge in [0.15, 0.2) is 0 Å². The number of fused-ring (bicyclic) bond motifs is 1. The Balaban J connectivity index is 1.78. The van der Waals surface area contributed by atoms with Crippen molar-refractivity contribution < 1.29 is 29.6 Å². The summed E-state index contributed by atoms with van der Waals surface area (Å²) in [6.45, 7) is 5.71. The number of aliphatic carboxylic acids is 1. The quantitative estimate of drug-likeness (QED) is 0.484. The molecule has 6 nitrogen and oxygen atoms in total. The van der Waals surface area contributed by atoms with Crippen LogP contribution in [0, 0.1) is 34.5 Å². The number of aliphatic hydroxyl groups is 2. The van der Waals surface area contributed by atoms with E-state index < -0.39 is 52.4 Å². The first-order chi connectivity index (χ1) is 11.7. The summed E-state index contributed by atoms with van der Waals surface area (Å²) in [7, 11) is 0. The monoisotopic (exact) mass is 348 g/mol. The highest BCUT2D eigenvalue weighted by Crippen LogP contribution is 2.77. The summed E-state index contributed by atoms with van der Waals surface area (Å²) in [5.74, 6) is -3.02. The van der Waals surface area contributed by atoms with E-state index in [-0.39, 0.29) is 11.8 Å². The molecule has 9 atom stereocenters. The number of carbonyl (C=O) groups is 2. The molecule has 4 saturated carbocycles. The van der Waals surface area contributed by atoms with Crippen molar-refractivity contribution >= 4 is 11.9 Å². The van der Waals surface area contributed by atoms with E-state index in [4.69, 9.17) is 4.74 Å². The lowest BCUT2D eigenvalue weighted by Gasteiger charge is -2.45. The number of ether oxygens (including phenoxy) is 1. The average Bonchev–Trinajstić information content (AvgIpc) is 3.00. The molecule has 0 aromatic heterocycles. The van der Waals surface area contributed by atoms with Crippen LogP contribution in [-0.2, 0) is 14.3 Å². The largest absolute Gasteiger partial charge is 0.481 e. The summed E-state index contributed by atoms with van der Waals surface area (Å²) >= 11 is 0. The molecule has 5 fully saturated rings. The Morgan fingerprint density at radius 1 is 1.28 bits per heavy atom. The summed E-state index contributed by atoms with van der Waals surface area (Å²) in [6, 6.07) is 0. The minimum absolute atomic E-state index is 0.136. The standard InChI is InChI=1S/C19H24O6/c1-8-9-3-4-10-18(7-9,14(8)21)12(15(22)23)13-17(2)11(20)5-6-19(10,13)25-16(17)24/h9-14,20-21H,1,3-7H2,2H3,(H,22,23)/t9?,10-,11+,12-,13-,14-,17-,18-,19-/m1/s1. The minimum Gasteiger partial charge on any atom is -0.481 e. The number of esters is 1. The van der Waals surface area contributed by atoms with E-state index in [1.54, 1.807) is 6.92 Å². The van der Waals surface area contributed by atoms with Crippen molar-refractivity contribution in [3.63, 3.8) is 0 Å². The lowest BCUT2D eigenvalue weighted by Crippen LogP contribution is -2.53. The Morgan fingerprint density at radius 3 is 2.68 bits per heavy atom. The van der Waals surface area contributed by atoms with Crippen molar-refractivity contribution in [3.8, 4) is 0 Å². The van der Waals surface area contributed by atoms with Crippen molar-refractivity contribution in [2.24, 2.45) is 34.5 Å². The number of hydrogen-bond acceptors (Lipinski definition) is 5. The molecule has 5 rings (SSSR count). The van der Waals surface area contributed by atoms with E-state index in [1.807, 2.05) is 0 Å². The fraction of sp³-hybridized carbons (Fsp3) is 0.789. The molecule has 1 aliphatic heterocycles. The predicted octanol–water partition coefficient (Wildman–Crippen LogP) is 1.11. The number of rotatable bonds is 1. The average molecular weight is 348 g/mol. The maximum absolute atomic E-state index is 12.7. The first kappa shape index (κ1) is 15.8. The van der Waals surface area contributed by atoms with Crippen LogP contribution in [0.1, 0.15) is 39.0 Å². The molecule has 5 aliphatic rings. The number of aliphatic hydroxyl groups excluding tert-OH is 2. The fourth-order valence-corrected chi connectivity index (χ4v) is 7.67. The summed E-state index contributed by atoms with van der Waals surface area (Å²) in [6.07, 6.45) is 1.29. The normalized spacial score (nSPS) is 58.7. The van der Waals surface area contributed by atoms with Crippen LogP contribution < -0.4 is 0 Å². The molecule has 0 amide bonds. The molecule has 4 bridgehead atoms. The Bertz CT molecular complexity index is 717. The Hall–Kier alpha value is -1.40. The van der Waals surface area contributed by atoms with E-state index in [2.05, 4.69) is 6.58 Å². The molecule has 25 heavy (non-hydrogen) atoms. The summed E-state index contributed by atoms with van der Waals surface area (Å²) in [5.41, 5.74) is -2.18. The molecular weight excluding hydrogens is 324 g/mol.